The topological polar surface area (TPSA) is 40.6 Å². The molecule has 0 N–H and O–H groups in total. The van der Waals surface area contributed by atoms with E-state index in [1.165, 1.54) is 12.1 Å². The number of rotatable bonds is 5. The largest absolute Gasteiger partial charge is 0.339 e. The van der Waals surface area contributed by atoms with Gasteiger partial charge < -0.3 is 9.80 Å². The van der Waals surface area contributed by atoms with E-state index in [1.807, 2.05) is 43.3 Å². The Balaban J connectivity index is 1.52. The summed E-state index contributed by atoms with van der Waals surface area (Å²) in [4.78, 5) is 28.8. The zero-order chi connectivity index (χ0) is 20.8. The Kier molecular flexibility index (Phi) is 6.81. The fraction of sp³-hybridized carbons (Fsp3) is 0.333. The van der Waals surface area contributed by atoms with Gasteiger partial charge in [0.1, 0.15) is 5.82 Å². The van der Waals surface area contributed by atoms with Crippen LogP contribution in [0.5, 0.6) is 0 Å². The fourth-order valence-corrected chi connectivity index (χ4v) is 3.63. The normalized spacial score (nSPS) is 16.0. The molecule has 2 aromatic carbocycles. The number of hydrogen-bond donors (Lipinski definition) is 0. The number of halogens is 1. The molecule has 2 aromatic rings. The molecular formula is C24H27FN2O2. The average Bonchev–Trinajstić information content (AvgIpc) is 2.77. The van der Waals surface area contributed by atoms with Crippen molar-refractivity contribution in [2.75, 3.05) is 20.1 Å². The molecule has 1 heterocycles. The van der Waals surface area contributed by atoms with Gasteiger partial charge in [-0.1, -0.05) is 42.5 Å². The lowest BCUT2D eigenvalue weighted by Gasteiger charge is -2.34. The molecule has 1 saturated heterocycles. The summed E-state index contributed by atoms with van der Waals surface area (Å²) in [7, 11) is 1.79. The Labute approximate surface area is 171 Å². The van der Waals surface area contributed by atoms with Crippen LogP contribution < -0.4 is 0 Å². The molecule has 3 rings (SSSR count). The van der Waals surface area contributed by atoms with Crippen molar-refractivity contribution in [3.05, 3.63) is 77.6 Å². The van der Waals surface area contributed by atoms with Crippen LogP contribution in [0.15, 0.2) is 60.7 Å². The third-order valence-electron chi connectivity index (χ3n) is 5.65. The summed E-state index contributed by atoms with van der Waals surface area (Å²) in [6.45, 7) is 3.10. The molecule has 0 spiro atoms. The number of carbonyl (C=O) groups excluding carboxylic acids is 2. The third-order valence-corrected chi connectivity index (χ3v) is 5.65. The summed E-state index contributed by atoms with van der Waals surface area (Å²) in [5, 5.41) is 0. The number of piperidine rings is 1. The first kappa shape index (κ1) is 20.8. The minimum atomic E-state index is -0.284. The van der Waals surface area contributed by atoms with Crippen LogP contribution in [0.3, 0.4) is 0 Å². The lowest BCUT2D eigenvalue weighted by molar-refractivity contribution is -0.139. The highest BCUT2D eigenvalue weighted by Gasteiger charge is 2.30. The van der Waals surface area contributed by atoms with Gasteiger partial charge in [-0.3, -0.25) is 9.59 Å². The van der Waals surface area contributed by atoms with E-state index in [9.17, 15) is 14.0 Å². The van der Waals surface area contributed by atoms with Crippen LogP contribution in [-0.4, -0.2) is 41.8 Å². The third kappa shape index (κ3) is 5.31. The standard InChI is InChI=1S/C24H27FN2O2/c1-18(20-9-11-22(25)12-10-20)26(2)24(29)21-14-16-27(17-15-21)23(28)13-8-19-6-4-3-5-7-19/h3-13,18,21H,14-17H2,1-2H3/b13-8+/t18-/m1/s1. The molecule has 1 aliphatic rings. The molecule has 0 saturated carbocycles. The molecule has 29 heavy (non-hydrogen) atoms. The van der Waals surface area contributed by atoms with Crippen molar-refractivity contribution in [1.29, 1.82) is 0 Å². The zero-order valence-electron chi connectivity index (χ0n) is 16.9. The lowest BCUT2D eigenvalue weighted by atomic mass is 9.94. The summed E-state index contributed by atoms with van der Waals surface area (Å²) in [6, 6.07) is 15.8. The van der Waals surface area contributed by atoms with Gasteiger partial charge in [-0.15, -0.1) is 0 Å². The average molecular weight is 394 g/mol. The molecule has 0 bridgehead atoms. The van der Waals surface area contributed by atoms with Crippen LogP contribution in [0, 0.1) is 11.7 Å². The molecule has 1 atom stereocenters. The second-order valence-corrected chi connectivity index (χ2v) is 7.52. The van der Waals surface area contributed by atoms with E-state index in [0.29, 0.717) is 25.9 Å². The van der Waals surface area contributed by atoms with Crippen molar-refractivity contribution in [3.63, 3.8) is 0 Å². The van der Waals surface area contributed by atoms with Crippen LogP contribution >= 0.6 is 0 Å². The van der Waals surface area contributed by atoms with Gasteiger partial charge in [0.25, 0.3) is 0 Å². The SMILES string of the molecule is C[C@H](c1ccc(F)cc1)N(C)C(=O)C1CCN(C(=O)/C=C/c2ccccc2)CC1. The van der Waals surface area contributed by atoms with Crippen LogP contribution in [0.4, 0.5) is 4.39 Å². The van der Waals surface area contributed by atoms with Crippen molar-refractivity contribution in [2.24, 2.45) is 5.92 Å². The van der Waals surface area contributed by atoms with Gasteiger partial charge in [-0.25, -0.2) is 4.39 Å². The first-order valence-electron chi connectivity index (χ1n) is 10.00. The molecule has 0 unspecified atom stereocenters. The maximum atomic E-state index is 13.1. The lowest BCUT2D eigenvalue weighted by Crippen LogP contribution is -2.43. The predicted octanol–water partition coefficient (Wildman–Crippen LogP) is 4.30. The van der Waals surface area contributed by atoms with E-state index < -0.39 is 0 Å². The fourth-order valence-electron chi connectivity index (χ4n) is 3.63. The summed E-state index contributed by atoms with van der Waals surface area (Å²) in [5.41, 5.74) is 1.89. The maximum absolute atomic E-state index is 13.1. The van der Waals surface area contributed by atoms with E-state index in [-0.39, 0.29) is 29.6 Å². The molecule has 152 valence electrons. The van der Waals surface area contributed by atoms with Gasteiger partial charge in [-0.2, -0.15) is 0 Å². The second-order valence-electron chi connectivity index (χ2n) is 7.52. The maximum Gasteiger partial charge on any atom is 0.246 e. The minimum Gasteiger partial charge on any atom is -0.339 e. The van der Waals surface area contributed by atoms with Crippen molar-refractivity contribution in [1.82, 2.24) is 9.80 Å². The Morgan fingerprint density at radius 1 is 1.07 bits per heavy atom. The van der Waals surface area contributed by atoms with Crippen molar-refractivity contribution in [3.8, 4) is 0 Å². The number of carbonyl (C=O) groups is 2. The Bertz CT molecular complexity index is 856. The molecule has 5 heteroatoms. The number of benzene rings is 2. The van der Waals surface area contributed by atoms with Gasteiger partial charge in [-0.05, 0) is 49.1 Å². The Hall–Kier alpha value is -2.95. The van der Waals surface area contributed by atoms with E-state index in [2.05, 4.69) is 0 Å². The Morgan fingerprint density at radius 2 is 1.69 bits per heavy atom. The molecule has 0 radical (unpaired) electrons. The second kappa shape index (κ2) is 9.50. The minimum absolute atomic E-state index is 0.0206. The molecule has 0 aromatic heterocycles. The van der Waals surface area contributed by atoms with Crippen LogP contribution in [0.25, 0.3) is 6.08 Å². The van der Waals surface area contributed by atoms with Gasteiger partial charge >= 0.3 is 0 Å². The van der Waals surface area contributed by atoms with Gasteiger partial charge in [0.2, 0.25) is 11.8 Å². The molecule has 0 aliphatic carbocycles. The molecular weight excluding hydrogens is 367 g/mol. The summed E-state index contributed by atoms with van der Waals surface area (Å²) < 4.78 is 13.1. The smallest absolute Gasteiger partial charge is 0.246 e. The molecule has 1 fully saturated rings. The van der Waals surface area contributed by atoms with E-state index in [4.69, 9.17) is 0 Å². The van der Waals surface area contributed by atoms with Crippen molar-refractivity contribution in [2.45, 2.75) is 25.8 Å². The molecule has 4 nitrogen and oxygen atoms in total. The van der Waals surface area contributed by atoms with Gasteiger partial charge in [0.05, 0.1) is 6.04 Å². The molecule has 2 amide bonds. The molecule has 1 aliphatic heterocycles. The number of nitrogens with zero attached hydrogens (tertiary/aromatic N) is 2. The van der Waals surface area contributed by atoms with E-state index in [0.717, 1.165) is 11.1 Å². The highest BCUT2D eigenvalue weighted by molar-refractivity contribution is 5.92. The van der Waals surface area contributed by atoms with Crippen LogP contribution in [0.2, 0.25) is 0 Å². The van der Waals surface area contributed by atoms with Crippen LogP contribution in [0.1, 0.15) is 36.9 Å². The number of hydrogen-bond acceptors (Lipinski definition) is 2. The first-order valence-corrected chi connectivity index (χ1v) is 10.00. The monoisotopic (exact) mass is 394 g/mol. The predicted molar refractivity (Wildman–Crippen MR) is 112 cm³/mol. The quantitative estimate of drug-likeness (QED) is 0.710. The highest BCUT2D eigenvalue weighted by Crippen LogP contribution is 2.25. The number of amides is 2. The highest BCUT2D eigenvalue weighted by atomic mass is 19.1. The van der Waals surface area contributed by atoms with E-state index in [1.54, 1.807) is 35.1 Å². The zero-order valence-corrected chi connectivity index (χ0v) is 16.9. The van der Waals surface area contributed by atoms with E-state index >= 15 is 0 Å². The Morgan fingerprint density at radius 3 is 2.31 bits per heavy atom. The summed E-state index contributed by atoms with van der Waals surface area (Å²) >= 11 is 0. The summed E-state index contributed by atoms with van der Waals surface area (Å²) in [5.74, 6) is -0.320. The summed E-state index contributed by atoms with van der Waals surface area (Å²) in [6.07, 6.45) is 4.73. The first-order chi connectivity index (χ1) is 14.0. The van der Waals surface area contributed by atoms with Crippen molar-refractivity contribution < 1.29 is 14.0 Å². The number of likely N-dealkylation sites (tertiary alicyclic amines) is 1. The van der Waals surface area contributed by atoms with Crippen molar-refractivity contribution >= 4 is 17.9 Å². The van der Waals surface area contributed by atoms with Gasteiger partial charge in [0.15, 0.2) is 0 Å². The van der Waals surface area contributed by atoms with Crippen LogP contribution in [-0.2, 0) is 9.59 Å². The van der Waals surface area contributed by atoms with Gasteiger partial charge in [0, 0.05) is 32.1 Å².